The first-order valence-electron chi connectivity index (χ1n) is 10.1. The maximum atomic E-state index is 13.0. The summed E-state index contributed by atoms with van der Waals surface area (Å²) in [7, 11) is 0. The molecule has 1 saturated carbocycles. The Hall–Kier alpha value is -2.89. The van der Waals surface area contributed by atoms with Crippen LogP contribution >= 0.6 is 0 Å². The van der Waals surface area contributed by atoms with E-state index in [2.05, 4.69) is 34.9 Å². The molecule has 1 atom stereocenters. The highest BCUT2D eigenvalue weighted by Gasteiger charge is 2.24. The van der Waals surface area contributed by atoms with E-state index in [0.29, 0.717) is 12.3 Å². The van der Waals surface area contributed by atoms with Gasteiger partial charge in [-0.1, -0.05) is 42.5 Å². The molecule has 0 aromatic heterocycles. The van der Waals surface area contributed by atoms with E-state index in [1.54, 1.807) is 12.1 Å². The van der Waals surface area contributed by atoms with Crippen LogP contribution in [0.2, 0.25) is 0 Å². The van der Waals surface area contributed by atoms with Gasteiger partial charge in [-0.15, -0.1) is 0 Å². The summed E-state index contributed by atoms with van der Waals surface area (Å²) in [5.41, 5.74) is 7.63. The van der Waals surface area contributed by atoms with Crippen molar-refractivity contribution >= 4 is 11.9 Å². The fourth-order valence-corrected chi connectivity index (χ4v) is 3.93. The maximum absolute atomic E-state index is 13.0. The van der Waals surface area contributed by atoms with Gasteiger partial charge in [0.1, 0.15) is 5.82 Å². The van der Waals surface area contributed by atoms with Crippen LogP contribution in [0.4, 0.5) is 9.18 Å². The molecule has 3 rings (SSSR count). The summed E-state index contributed by atoms with van der Waals surface area (Å²) in [6, 6.07) is 16.3. The summed E-state index contributed by atoms with van der Waals surface area (Å²) in [6.07, 6.45) is 4.31. The van der Waals surface area contributed by atoms with Crippen LogP contribution in [0.15, 0.2) is 54.6 Å². The number of benzene rings is 2. The normalized spacial score (nSPS) is 19.9. The zero-order valence-corrected chi connectivity index (χ0v) is 16.4. The van der Waals surface area contributed by atoms with Crippen molar-refractivity contribution in [3.63, 3.8) is 0 Å². The third-order valence-electron chi connectivity index (χ3n) is 5.64. The summed E-state index contributed by atoms with van der Waals surface area (Å²) < 4.78 is 13.0. The second-order valence-electron chi connectivity index (χ2n) is 7.74. The van der Waals surface area contributed by atoms with Crippen molar-refractivity contribution in [2.45, 2.75) is 44.1 Å². The number of carbonyl (C=O) groups excluding carboxylic acids is 2. The molecule has 2 aromatic carbocycles. The van der Waals surface area contributed by atoms with Crippen molar-refractivity contribution in [1.82, 2.24) is 10.6 Å². The van der Waals surface area contributed by atoms with Crippen LogP contribution in [0, 0.1) is 11.7 Å². The first-order valence-corrected chi connectivity index (χ1v) is 10.1. The Balaban J connectivity index is 1.42. The second kappa shape index (κ2) is 10.0. The van der Waals surface area contributed by atoms with E-state index in [1.165, 1.54) is 17.7 Å². The van der Waals surface area contributed by atoms with Gasteiger partial charge in [0.05, 0.1) is 5.92 Å². The predicted molar refractivity (Wildman–Crippen MR) is 111 cm³/mol. The zero-order chi connectivity index (χ0) is 20.6. The smallest absolute Gasteiger partial charge is 0.315 e. The Kier molecular flexibility index (Phi) is 7.22. The Bertz CT molecular complexity index is 803. The fraction of sp³-hybridized carbons (Fsp3) is 0.391. The molecule has 4 N–H and O–H groups in total. The van der Waals surface area contributed by atoms with E-state index in [-0.39, 0.29) is 24.4 Å². The van der Waals surface area contributed by atoms with Crippen LogP contribution in [0.1, 0.15) is 42.7 Å². The van der Waals surface area contributed by atoms with Crippen molar-refractivity contribution in [3.8, 4) is 0 Å². The van der Waals surface area contributed by atoms with Gasteiger partial charge in [0.15, 0.2) is 0 Å². The summed E-state index contributed by atoms with van der Waals surface area (Å²) in [6.45, 7) is 0.151. The van der Waals surface area contributed by atoms with Gasteiger partial charge in [-0.25, -0.2) is 9.18 Å². The molecule has 29 heavy (non-hydrogen) atoms. The minimum atomic E-state index is -0.542. The molecular weight excluding hydrogens is 369 g/mol. The van der Waals surface area contributed by atoms with Gasteiger partial charge in [-0.05, 0) is 61.3 Å². The third-order valence-corrected chi connectivity index (χ3v) is 5.64. The van der Waals surface area contributed by atoms with Gasteiger partial charge in [0, 0.05) is 12.6 Å². The fourth-order valence-electron chi connectivity index (χ4n) is 3.93. The van der Waals surface area contributed by atoms with Crippen LogP contribution in [-0.4, -0.2) is 24.5 Å². The van der Waals surface area contributed by atoms with Crippen LogP contribution in [0.3, 0.4) is 0 Å². The first kappa shape index (κ1) is 20.8. The summed E-state index contributed by atoms with van der Waals surface area (Å²) in [5, 5.41) is 5.77. The molecule has 1 aliphatic carbocycles. The molecule has 2 aromatic rings. The maximum Gasteiger partial charge on any atom is 0.315 e. The highest BCUT2D eigenvalue weighted by molar-refractivity contribution is 5.79. The van der Waals surface area contributed by atoms with E-state index in [4.69, 9.17) is 5.73 Å². The Morgan fingerprint density at radius 2 is 1.66 bits per heavy atom. The van der Waals surface area contributed by atoms with Crippen LogP contribution < -0.4 is 16.4 Å². The minimum absolute atomic E-state index is 0.138. The van der Waals surface area contributed by atoms with Gasteiger partial charge >= 0.3 is 6.03 Å². The average molecular weight is 397 g/mol. The molecule has 0 spiro atoms. The first-order chi connectivity index (χ1) is 14.0. The second-order valence-corrected chi connectivity index (χ2v) is 7.74. The largest absolute Gasteiger partial charge is 0.369 e. The monoisotopic (exact) mass is 397 g/mol. The molecule has 0 radical (unpaired) electrons. The molecule has 6 heteroatoms. The Morgan fingerprint density at radius 3 is 2.28 bits per heavy atom. The van der Waals surface area contributed by atoms with Crippen LogP contribution in [0.25, 0.3) is 0 Å². The molecular formula is C23H28FN3O2. The summed E-state index contributed by atoms with van der Waals surface area (Å²) in [4.78, 5) is 24.0. The molecule has 1 unspecified atom stereocenters. The minimum Gasteiger partial charge on any atom is -0.369 e. The van der Waals surface area contributed by atoms with Gasteiger partial charge in [0.2, 0.25) is 5.91 Å². The molecule has 5 nitrogen and oxygen atoms in total. The lowest BCUT2D eigenvalue weighted by Gasteiger charge is -2.29. The lowest BCUT2D eigenvalue weighted by atomic mass is 9.82. The molecule has 0 saturated heterocycles. The number of urea groups is 1. The van der Waals surface area contributed by atoms with E-state index >= 15 is 0 Å². The molecule has 1 fully saturated rings. The quantitative estimate of drug-likeness (QED) is 0.668. The van der Waals surface area contributed by atoms with E-state index < -0.39 is 11.8 Å². The number of nitrogens with two attached hydrogens (primary N) is 1. The average Bonchev–Trinajstić information content (AvgIpc) is 2.73. The molecule has 154 valence electrons. The number of halogens is 1. The Labute approximate surface area is 170 Å². The lowest BCUT2D eigenvalue weighted by molar-refractivity contribution is -0.121. The number of nitrogens with one attached hydrogen (secondary N) is 2. The van der Waals surface area contributed by atoms with Gasteiger partial charge in [-0.2, -0.15) is 0 Å². The number of carbonyl (C=O) groups is 2. The van der Waals surface area contributed by atoms with Crippen molar-refractivity contribution < 1.29 is 14.0 Å². The highest BCUT2D eigenvalue weighted by atomic mass is 19.1. The molecule has 0 aliphatic heterocycles. The Morgan fingerprint density at radius 1 is 1.00 bits per heavy atom. The molecule has 0 heterocycles. The van der Waals surface area contributed by atoms with Crippen molar-refractivity contribution in [2.24, 2.45) is 11.7 Å². The van der Waals surface area contributed by atoms with Gasteiger partial charge < -0.3 is 16.4 Å². The third kappa shape index (κ3) is 6.31. The van der Waals surface area contributed by atoms with Crippen molar-refractivity contribution in [3.05, 3.63) is 71.5 Å². The molecule has 0 bridgehead atoms. The summed E-state index contributed by atoms with van der Waals surface area (Å²) in [5.74, 6) is -0.811. The lowest BCUT2D eigenvalue weighted by Crippen LogP contribution is -2.46. The topological polar surface area (TPSA) is 84.2 Å². The number of hydrogen-bond acceptors (Lipinski definition) is 2. The number of hydrogen-bond donors (Lipinski definition) is 3. The van der Waals surface area contributed by atoms with E-state index in [0.717, 1.165) is 31.2 Å². The standard InChI is InChI=1S/C23H28FN3O2/c24-20-10-6-16(7-11-20)14-19(22(25)28)15-26-23(29)27-21-12-8-18(9-13-21)17-4-2-1-3-5-17/h1-7,10-11,18-19,21H,8-9,12-15H2,(H2,25,28)(H2,26,27,29). The van der Waals surface area contributed by atoms with E-state index in [9.17, 15) is 14.0 Å². The predicted octanol–water partition coefficient (Wildman–Crippen LogP) is 3.50. The van der Waals surface area contributed by atoms with Crippen molar-refractivity contribution in [2.75, 3.05) is 6.54 Å². The number of primary amides is 1. The van der Waals surface area contributed by atoms with Crippen molar-refractivity contribution in [1.29, 1.82) is 0 Å². The van der Waals surface area contributed by atoms with E-state index in [1.807, 2.05) is 6.07 Å². The molecule has 3 amide bonds. The van der Waals surface area contributed by atoms with Gasteiger partial charge in [-0.3, -0.25) is 4.79 Å². The highest BCUT2D eigenvalue weighted by Crippen LogP contribution is 2.32. The van der Waals surface area contributed by atoms with Crippen LogP contribution in [0.5, 0.6) is 0 Å². The SMILES string of the molecule is NC(=O)C(CNC(=O)NC1CCC(c2ccccc2)CC1)Cc1ccc(F)cc1. The molecule has 1 aliphatic rings. The number of amides is 3. The summed E-state index contributed by atoms with van der Waals surface area (Å²) >= 11 is 0. The zero-order valence-electron chi connectivity index (χ0n) is 16.4. The number of rotatable bonds is 7. The van der Waals surface area contributed by atoms with Gasteiger partial charge in [0.25, 0.3) is 0 Å². The van der Waals surface area contributed by atoms with Crippen LogP contribution in [-0.2, 0) is 11.2 Å².